The molecule has 3 N–H and O–H groups in total. The molecule has 1 saturated carbocycles. The van der Waals surface area contributed by atoms with Crippen molar-refractivity contribution in [1.29, 1.82) is 0 Å². The van der Waals surface area contributed by atoms with Gasteiger partial charge < -0.3 is 30.3 Å². The van der Waals surface area contributed by atoms with Crippen LogP contribution in [0.3, 0.4) is 0 Å². The number of rotatable bonds is 18. The molecule has 14 heteroatoms. The summed E-state index contributed by atoms with van der Waals surface area (Å²) < 4.78 is 8.03. The number of hydrogen-bond donors (Lipinski definition) is 3. The number of carbonyl (C=O) groups excluding carboxylic acids is 3. The number of nitrogens with one attached hydrogen (secondary N) is 3. The average molecular weight is 801 g/mol. The Morgan fingerprint density at radius 2 is 1.92 bits per heavy atom. The first kappa shape index (κ1) is 44.6. The Morgan fingerprint density at radius 3 is 2.55 bits per heavy atom. The first-order chi connectivity index (χ1) is 23.8. The van der Waals surface area contributed by atoms with Crippen LogP contribution in [0, 0.1) is 12.8 Å². The summed E-state index contributed by atoms with van der Waals surface area (Å²) in [4.78, 5) is 65.1. The van der Waals surface area contributed by atoms with Crippen molar-refractivity contribution in [3.05, 3.63) is 65.0 Å². The number of aromatic amines is 1. The van der Waals surface area contributed by atoms with Gasteiger partial charge in [-0.05, 0) is 82.9 Å². The van der Waals surface area contributed by atoms with Crippen molar-refractivity contribution in [3.63, 3.8) is 0 Å². The second-order valence-electron chi connectivity index (χ2n) is 13.5. The van der Waals surface area contributed by atoms with Gasteiger partial charge in [0, 0.05) is 56.0 Å². The molecule has 0 spiro atoms. The molecule has 1 radical (unpaired) electrons. The van der Waals surface area contributed by atoms with Crippen LogP contribution >= 0.6 is 11.9 Å². The van der Waals surface area contributed by atoms with Crippen molar-refractivity contribution in [3.8, 4) is 5.75 Å². The SMILES string of the molecule is C=CCCCCC[C@H](O[N-]C(C)C)C(=O)N1CCCC1C(=O)NC(C(=O)NSC1(C)CC1)[C@@H](C)C=C.COc1ccc2nc(C)c(=O)[nH]c2c1.[Y]. The van der Waals surface area contributed by atoms with E-state index < -0.39 is 18.2 Å². The maximum atomic E-state index is 13.5. The van der Waals surface area contributed by atoms with Crippen molar-refractivity contribution >= 4 is 40.7 Å². The molecular weight excluding hydrogens is 745 g/mol. The van der Waals surface area contributed by atoms with Gasteiger partial charge in [0.1, 0.15) is 29.6 Å². The van der Waals surface area contributed by atoms with Crippen molar-refractivity contribution in [1.82, 2.24) is 24.9 Å². The second kappa shape index (κ2) is 21.8. The smallest absolute Gasteiger partial charge is 0.269 e. The molecule has 0 bridgehead atoms. The van der Waals surface area contributed by atoms with Gasteiger partial charge in [-0.1, -0.05) is 45.8 Å². The largest absolute Gasteiger partial charge is 0.531 e. The van der Waals surface area contributed by atoms with Crippen LogP contribution in [0.5, 0.6) is 5.75 Å². The number of aryl methyl sites for hydroxylation is 1. The number of aromatic nitrogens is 2. The Morgan fingerprint density at radius 1 is 1.20 bits per heavy atom. The predicted molar refractivity (Wildman–Crippen MR) is 200 cm³/mol. The van der Waals surface area contributed by atoms with E-state index in [-0.39, 0.29) is 72.7 Å². The standard InChI is InChI=1S/C27H45N4O4S.C10H10N2O2.Y/c1-7-9-10-11-12-15-22(35-29-19(3)4)26(34)31-18-13-14-21(31)24(32)28-23(20(5)8-2)25(33)30-36-27(6)16-17-27;1-6-10(13)12-9-5-7(14-2)3-4-8(9)11-6;/h7-8,19-23H,1-2,9-18H2,3-6H3,(H,28,32)(H,30,33);3-5H,1-2H3,(H,12,13);/q-1;;/t20-,21?,22-,23?;;/m0../s1. The monoisotopic (exact) mass is 800 g/mol. The number of unbranched alkanes of at least 4 members (excludes halogenated alkanes) is 3. The van der Waals surface area contributed by atoms with Crippen molar-refractivity contribution in [2.75, 3.05) is 13.7 Å². The molecule has 3 amide bonds. The molecule has 1 saturated heterocycles. The van der Waals surface area contributed by atoms with Gasteiger partial charge in [-0.2, -0.15) is 0 Å². The van der Waals surface area contributed by atoms with E-state index in [1.807, 2.05) is 39.0 Å². The molecule has 279 valence electrons. The molecule has 1 aromatic heterocycles. The van der Waals surface area contributed by atoms with E-state index in [0.29, 0.717) is 36.3 Å². The summed E-state index contributed by atoms with van der Waals surface area (Å²) in [6.45, 7) is 17.5. The van der Waals surface area contributed by atoms with Gasteiger partial charge in [-0.15, -0.1) is 19.2 Å². The number of nitrogens with zero attached hydrogens (tertiary/aromatic N) is 3. The number of H-pyrrole nitrogens is 1. The van der Waals surface area contributed by atoms with Crippen LogP contribution in [0.2, 0.25) is 0 Å². The van der Waals surface area contributed by atoms with Gasteiger partial charge in [-0.25, -0.2) is 4.98 Å². The van der Waals surface area contributed by atoms with Crippen LogP contribution in [0.25, 0.3) is 16.5 Å². The Hall–Kier alpha value is -2.58. The summed E-state index contributed by atoms with van der Waals surface area (Å²) in [5.74, 6) is -0.331. The number of methoxy groups -OCH3 is 1. The zero-order valence-corrected chi connectivity index (χ0v) is 34.7. The van der Waals surface area contributed by atoms with E-state index >= 15 is 0 Å². The number of carbonyl (C=O) groups is 3. The number of allylic oxidation sites excluding steroid dienone is 1. The fourth-order valence-corrected chi connectivity index (χ4v) is 6.10. The number of hydrogen-bond acceptors (Lipinski definition) is 8. The summed E-state index contributed by atoms with van der Waals surface area (Å²) in [6, 6.07) is 3.93. The minimum Gasteiger partial charge on any atom is -0.531 e. The van der Waals surface area contributed by atoms with Crippen LogP contribution in [0.4, 0.5) is 0 Å². The molecule has 2 aromatic rings. The van der Waals surface area contributed by atoms with Gasteiger partial charge in [0.25, 0.3) is 17.4 Å². The maximum absolute atomic E-state index is 13.5. The molecule has 2 heterocycles. The third-order valence-electron chi connectivity index (χ3n) is 8.79. The molecule has 51 heavy (non-hydrogen) atoms. The molecule has 2 aliphatic rings. The molecular formula is C37H55N6O6SY-. The Bertz CT molecular complexity index is 1530. The van der Waals surface area contributed by atoms with Gasteiger partial charge >= 0.3 is 0 Å². The van der Waals surface area contributed by atoms with Crippen molar-refractivity contribution in [2.24, 2.45) is 5.92 Å². The van der Waals surface area contributed by atoms with Gasteiger partial charge in [0.15, 0.2) is 0 Å². The first-order valence-electron chi connectivity index (χ1n) is 17.5. The van der Waals surface area contributed by atoms with Gasteiger partial charge in [0.2, 0.25) is 5.91 Å². The Kier molecular flexibility index (Phi) is 19.1. The predicted octanol–water partition coefficient (Wildman–Crippen LogP) is 6.06. The summed E-state index contributed by atoms with van der Waals surface area (Å²) in [7, 11) is 1.58. The number of amides is 3. The molecule has 1 aromatic carbocycles. The minimum atomic E-state index is -0.754. The first-order valence-corrected chi connectivity index (χ1v) is 18.4. The normalized spacial score (nSPS) is 17.6. The topological polar surface area (TPSA) is 157 Å². The summed E-state index contributed by atoms with van der Waals surface area (Å²) in [6.07, 6.45) is 10.5. The molecule has 1 aliphatic carbocycles. The fourth-order valence-electron chi connectivity index (χ4n) is 5.32. The van der Waals surface area contributed by atoms with Crippen LogP contribution in [-0.4, -0.2) is 75.2 Å². The van der Waals surface area contributed by atoms with E-state index in [4.69, 9.17) is 9.57 Å². The molecule has 2 fully saturated rings. The molecule has 12 nitrogen and oxygen atoms in total. The molecule has 2 unspecified atom stereocenters. The maximum Gasteiger partial charge on any atom is 0.269 e. The van der Waals surface area contributed by atoms with Gasteiger partial charge in [0.05, 0.1) is 18.1 Å². The summed E-state index contributed by atoms with van der Waals surface area (Å²) >= 11 is 1.42. The van der Waals surface area contributed by atoms with Crippen LogP contribution in [0.15, 0.2) is 48.3 Å². The fraction of sp³-hybridized carbons (Fsp3) is 0.595. The van der Waals surface area contributed by atoms with E-state index in [1.165, 1.54) is 11.9 Å². The molecule has 4 atom stereocenters. The quantitative estimate of drug-likeness (QED) is 0.0712. The van der Waals surface area contributed by atoms with Gasteiger partial charge in [-0.3, -0.25) is 23.9 Å². The summed E-state index contributed by atoms with van der Waals surface area (Å²) in [5, 5.41) is 2.90. The van der Waals surface area contributed by atoms with E-state index in [0.717, 1.165) is 50.5 Å². The second-order valence-corrected chi connectivity index (χ2v) is 14.9. The Balaban J connectivity index is 0.000000498. The number of benzene rings is 1. The number of likely N-dealkylation sites (tertiary alicyclic amines) is 1. The van der Waals surface area contributed by atoms with Crippen molar-refractivity contribution < 1.29 is 56.7 Å². The van der Waals surface area contributed by atoms with E-state index in [2.05, 4.69) is 45.6 Å². The number of hydroxylamine groups is 1. The third kappa shape index (κ3) is 14.1. The van der Waals surface area contributed by atoms with Crippen LogP contribution in [0.1, 0.15) is 91.2 Å². The van der Waals surface area contributed by atoms with E-state index in [9.17, 15) is 19.2 Å². The molecule has 4 rings (SSSR count). The zero-order valence-electron chi connectivity index (χ0n) is 31.0. The Labute approximate surface area is 332 Å². The third-order valence-corrected chi connectivity index (χ3v) is 9.99. The molecule has 1 aliphatic heterocycles. The van der Waals surface area contributed by atoms with Crippen LogP contribution in [-0.2, 0) is 51.9 Å². The number of fused-ring (bicyclic) bond motifs is 1. The van der Waals surface area contributed by atoms with Crippen LogP contribution < -0.4 is 20.3 Å². The minimum absolute atomic E-state index is 0. The van der Waals surface area contributed by atoms with Crippen molar-refractivity contribution in [2.45, 2.75) is 121 Å². The average Bonchev–Trinajstić information content (AvgIpc) is 3.63. The van der Waals surface area contributed by atoms with E-state index in [1.54, 1.807) is 31.1 Å². The zero-order chi connectivity index (χ0) is 36.8. The summed E-state index contributed by atoms with van der Waals surface area (Å²) in [5.41, 5.74) is 5.90. The number of ether oxygens (including phenoxy) is 1.